The van der Waals surface area contributed by atoms with Gasteiger partial charge in [-0.25, -0.2) is 0 Å². The molecule has 0 saturated heterocycles. The highest BCUT2D eigenvalue weighted by Gasteiger charge is 2.29. The molecule has 0 radical (unpaired) electrons. The van der Waals surface area contributed by atoms with Crippen molar-refractivity contribution in [3.05, 3.63) is 40.7 Å². The van der Waals surface area contributed by atoms with Crippen LogP contribution in [-0.4, -0.2) is 17.3 Å². The Morgan fingerprint density at radius 2 is 1.60 bits per heavy atom. The molecular weight excluding hydrogens is 264 g/mol. The molecule has 3 rings (SSSR count). The van der Waals surface area contributed by atoms with Gasteiger partial charge < -0.3 is 25.4 Å². The summed E-state index contributed by atoms with van der Waals surface area (Å²) in [5, 5.41) is 44.0. The van der Waals surface area contributed by atoms with E-state index in [0.717, 1.165) is 6.07 Å². The molecule has 7 nitrogen and oxygen atoms in total. The van der Waals surface area contributed by atoms with Gasteiger partial charge in [-0.15, -0.1) is 0 Å². The zero-order valence-electron chi connectivity index (χ0n) is 10.4. The Bertz CT molecular complexity index is 847. The maximum Gasteiger partial charge on any atom is 0.337 e. The van der Waals surface area contributed by atoms with E-state index in [1.807, 2.05) is 0 Å². The Balaban J connectivity index is 2.66. The van der Waals surface area contributed by atoms with Gasteiger partial charge in [-0.05, 0) is 0 Å². The molecule has 2 aromatic carbocycles. The van der Waals surface area contributed by atoms with Crippen LogP contribution in [0.3, 0.4) is 0 Å². The molecule has 7 heteroatoms. The van der Waals surface area contributed by atoms with Gasteiger partial charge in [0.2, 0.25) is 11.5 Å². The quantitative estimate of drug-likeness (QED) is 0.294. The number of para-hydroxylation sites is 2. The summed E-state index contributed by atoms with van der Waals surface area (Å²) < 4.78 is 5.95. The summed E-state index contributed by atoms with van der Waals surface area (Å²) in [5.41, 5.74) is 0.0582. The third-order valence-corrected chi connectivity index (χ3v) is 3.13. The van der Waals surface area contributed by atoms with Gasteiger partial charge >= 0.3 is 5.52 Å². The van der Waals surface area contributed by atoms with Crippen molar-refractivity contribution in [2.24, 2.45) is 0 Å². The van der Waals surface area contributed by atoms with Gasteiger partial charge in [-0.2, -0.15) is 9.46 Å². The van der Waals surface area contributed by atoms with Crippen molar-refractivity contribution in [1.29, 1.82) is 0 Å². The van der Waals surface area contributed by atoms with E-state index in [0.29, 0.717) is 9.46 Å². The van der Waals surface area contributed by atoms with Gasteiger partial charge in [-0.1, -0.05) is 12.1 Å². The summed E-state index contributed by atoms with van der Waals surface area (Å²) in [7, 11) is 1.23. The molecule has 0 spiro atoms. The van der Waals surface area contributed by atoms with E-state index in [4.69, 9.17) is 4.74 Å². The Labute approximate surface area is 112 Å². The van der Waals surface area contributed by atoms with E-state index in [-0.39, 0.29) is 27.8 Å². The smallest absolute Gasteiger partial charge is 0.337 e. The second-order valence-electron chi connectivity index (χ2n) is 4.22. The molecule has 1 heterocycles. The van der Waals surface area contributed by atoms with Crippen molar-refractivity contribution in [3.63, 3.8) is 0 Å². The van der Waals surface area contributed by atoms with Crippen LogP contribution in [0.15, 0.2) is 30.3 Å². The van der Waals surface area contributed by atoms with Crippen LogP contribution in [0.1, 0.15) is 0 Å². The Kier molecular flexibility index (Phi) is 2.43. The Hall–Kier alpha value is -2.96. The lowest BCUT2D eigenvalue weighted by atomic mass is 10.2. The lowest BCUT2D eigenvalue weighted by Gasteiger charge is -2.11. The average Bonchev–Trinajstić information content (AvgIpc) is 2.47. The van der Waals surface area contributed by atoms with Gasteiger partial charge in [0.1, 0.15) is 0 Å². The number of rotatable bonds is 1. The second-order valence-corrected chi connectivity index (χ2v) is 4.22. The van der Waals surface area contributed by atoms with Crippen molar-refractivity contribution >= 4 is 22.1 Å². The van der Waals surface area contributed by atoms with E-state index >= 15 is 0 Å². The third kappa shape index (κ3) is 1.40. The average molecular weight is 274 g/mol. The largest absolute Gasteiger partial charge is 0.617 e. The second kappa shape index (κ2) is 4.02. The van der Waals surface area contributed by atoms with Crippen LogP contribution in [0.25, 0.3) is 22.1 Å². The van der Waals surface area contributed by atoms with Crippen LogP contribution in [0.2, 0.25) is 0 Å². The molecule has 102 valence electrons. The lowest BCUT2D eigenvalue weighted by molar-refractivity contribution is -0.591. The van der Waals surface area contributed by atoms with Gasteiger partial charge in [0, 0.05) is 12.1 Å². The van der Waals surface area contributed by atoms with Crippen molar-refractivity contribution in [3.8, 4) is 17.2 Å². The fourth-order valence-electron chi connectivity index (χ4n) is 2.21. The minimum Gasteiger partial charge on any atom is -0.617 e. The maximum atomic E-state index is 12.4. The minimum absolute atomic E-state index is 0.0918. The zero-order valence-corrected chi connectivity index (χ0v) is 10.4. The molecule has 1 aromatic heterocycles. The van der Waals surface area contributed by atoms with Crippen LogP contribution in [-0.2, 0) is 0 Å². The van der Waals surface area contributed by atoms with Crippen LogP contribution < -0.4 is 14.2 Å². The van der Waals surface area contributed by atoms with E-state index in [1.165, 1.54) is 19.2 Å². The van der Waals surface area contributed by atoms with Gasteiger partial charge in [-0.3, -0.25) is 0 Å². The first-order chi connectivity index (χ1) is 9.56. The summed E-state index contributed by atoms with van der Waals surface area (Å²) in [6.45, 7) is 0. The number of aromatic nitrogens is 2. The standard InChI is InChI=1S/C13H10N2O5/c1-20-13-11-9(6-10(16)12(13)17)14(18)7-4-2-3-5-8(7)15(11)19/h2-6,16-17H,1H3. The first-order valence-corrected chi connectivity index (χ1v) is 5.72. The predicted octanol–water partition coefficient (Wildman–Crippen LogP) is 0.680. The zero-order chi connectivity index (χ0) is 14.4. The number of aromatic hydroxyl groups is 2. The number of phenolic OH excluding ortho intramolecular Hbond substituents is 2. The summed E-state index contributed by atoms with van der Waals surface area (Å²) in [6.07, 6.45) is 0. The van der Waals surface area contributed by atoms with Crippen molar-refractivity contribution in [2.75, 3.05) is 7.11 Å². The van der Waals surface area contributed by atoms with E-state index in [9.17, 15) is 20.6 Å². The predicted molar refractivity (Wildman–Crippen MR) is 69.3 cm³/mol. The fourth-order valence-corrected chi connectivity index (χ4v) is 2.21. The van der Waals surface area contributed by atoms with E-state index in [2.05, 4.69) is 0 Å². The molecule has 20 heavy (non-hydrogen) atoms. The molecule has 0 unspecified atom stereocenters. The number of fused-ring (bicyclic) bond motifs is 2. The molecule has 0 bridgehead atoms. The van der Waals surface area contributed by atoms with E-state index in [1.54, 1.807) is 12.1 Å². The first kappa shape index (κ1) is 12.1. The normalized spacial score (nSPS) is 11.1. The molecule has 0 aliphatic carbocycles. The van der Waals surface area contributed by atoms with Crippen LogP contribution in [0.4, 0.5) is 0 Å². The number of phenols is 2. The topological polar surface area (TPSA) is 104 Å². The first-order valence-electron chi connectivity index (χ1n) is 5.72. The van der Waals surface area contributed by atoms with Crippen LogP contribution in [0, 0.1) is 10.4 Å². The maximum absolute atomic E-state index is 12.4. The monoisotopic (exact) mass is 274 g/mol. The Morgan fingerprint density at radius 3 is 2.20 bits per heavy atom. The third-order valence-electron chi connectivity index (χ3n) is 3.13. The highest BCUT2D eigenvalue weighted by molar-refractivity contribution is 5.85. The number of nitrogens with zero attached hydrogens (tertiary/aromatic N) is 2. The van der Waals surface area contributed by atoms with Gasteiger partial charge in [0.15, 0.2) is 5.75 Å². The number of ether oxygens (including phenoxy) is 1. The number of hydrogen-bond acceptors (Lipinski definition) is 5. The van der Waals surface area contributed by atoms with Gasteiger partial charge in [0.25, 0.3) is 16.6 Å². The number of hydrogen-bond donors (Lipinski definition) is 2. The fraction of sp³-hybridized carbons (Fsp3) is 0.0769. The van der Waals surface area contributed by atoms with Crippen molar-refractivity contribution in [2.45, 2.75) is 0 Å². The minimum atomic E-state index is -0.583. The summed E-state index contributed by atoms with van der Waals surface area (Å²) in [5.74, 6) is -1.36. The van der Waals surface area contributed by atoms with E-state index < -0.39 is 11.5 Å². The number of methoxy groups -OCH3 is 1. The molecule has 0 amide bonds. The molecule has 0 aliphatic rings. The summed E-state index contributed by atoms with van der Waals surface area (Å²) in [6, 6.07) is 7.25. The van der Waals surface area contributed by atoms with Crippen molar-refractivity contribution < 1.29 is 24.4 Å². The molecule has 0 saturated carbocycles. The SMILES string of the molecule is COc1c(O)c(O)cc2c1[n+]([O-])c1ccccc1[n+]2[O-]. The van der Waals surface area contributed by atoms with Crippen LogP contribution in [0.5, 0.6) is 17.2 Å². The molecule has 0 fully saturated rings. The lowest BCUT2D eigenvalue weighted by Crippen LogP contribution is -2.39. The Morgan fingerprint density at radius 1 is 1.00 bits per heavy atom. The highest BCUT2D eigenvalue weighted by Crippen LogP contribution is 2.39. The molecule has 3 aromatic rings. The van der Waals surface area contributed by atoms with Gasteiger partial charge in [0.05, 0.1) is 13.2 Å². The summed E-state index contributed by atoms with van der Waals surface area (Å²) in [4.78, 5) is 0. The van der Waals surface area contributed by atoms with Crippen molar-refractivity contribution in [1.82, 2.24) is 0 Å². The molecular formula is C13H10N2O5. The van der Waals surface area contributed by atoms with Crippen LogP contribution >= 0.6 is 0 Å². The highest BCUT2D eigenvalue weighted by atomic mass is 16.5. The number of benzene rings is 2. The molecule has 0 atom stereocenters. The molecule has 2 N–H and O–H groups in total. The molecule has 0 aliphatic heterocycles. The summed E-state index contributed by atoms with van der Waals surface area (Å²) >= 11 is 0.